The minimum absolute atomic E-state index is 0.0385. The van der Waals surface area contributed by atoms with Gasteiger partial charge in [-0.3, -0.25) is 9.89 Å². The lowest BCUT2D eigenvalue weighted by molar-refractivity contribution is -0.123. The van der Waals surface area contributed by atoms with Gasteiger partial charge in [-0.05, 0) is 65.8 Å². The number of aromatic amines is 1. The van der Waals surface area contributed by atoms with Gasteiger partial charge in [0.1, 0.15) is 0 Å². The van der Waals surface area contributed by atoms with Gasteiger partial charge in [0.05, 0.1) is 23.9 Å². The number of H-pyrrole nitrogens is 1. The van der Waals surface area contributed by atoms with Crippen molar-refractivity contribution in [3.63, 3.8) is 0 Å². The summed E-state index contributed by atoms with van der Waals surface area (Å²) in [6.45, 7) is 0.391. The number of unbranched alkanes of at least 4 members (excludes halogenated alkanes) is 2. The van der Waals surface area contributed by atoms with Crippen molar-refractivity contribution < 1.29 is 27.1 Å². The highest BCUT2D eigenvalue weighted by molar-refractivity contribution is 6.00. The fourth-order valence-electron chi connectivity index (χ4n) is 4.25. The van der Waals surface area contributed by atoms with Crippen molar-refractivity contribution in [2.45, 2.75) is 31.9 Å². The fourth-order valence-corrected chi connectivity index (χ4v) is 4.25. The van der Waals surface area contributed by atoms with Crippen LogP contribution in [0, 0.1) is 5.95 Å². The Morgan fingerprint density at radius 3 is 2.50 bits per heavy atom. The van der Waals surface area contributed by atoms with Crippen LogP contribution in [-0.2, 0) is 4.79 Å². The van der Waals surface area contributed by atoms with Crippen LogP contribution in [0.15, 0.2) is 79.0 Å². The van der Waals surface area contributed by atoms with Gasteiger partial charge in [0.25, 0.3) is 0 Å². The van der Waals surface area contributed by atoms with Gasteiger partial charge in [0.15, 0.2) is 0 Å². The molecule has 0 aliphatic heterocycles. The van der Waals surface area contributed by atoms with Gasteiger partial charge in [0, 0.05) is 24.9 Å². The highest BCUT2D eigenvalue weighted by Crippen LogP contribution is 2.40. The number of benzene rings is 2. The van der Waals surface area contributed by atoms with E-state index in [-0.39, 0.29) is 22.4 Å². The molecule has 2 heterocycles. The molecule has 4 aromatic rings. The Morgan fingerprint density at radius 1 is 1.02 bits per heavy atom. The number of nitrogens with zero attached hydrogens (tertiary/aromatic N) is 2. The largest absolute Gasteiger partial charge is 0.478 e. The molecule has 0 radical (unpaired) electrons. The number of nitrogens with one attached hydrogen (secondary N) is 2. The van der Waals surface area contributed by atoms with Gasteiger partial charge in [-0.25, -0.2) is 4.98 Å². The van der Waals surface area contributed by atoms with Crippen molar-refractivity contribution in [2.75, 3.05) is 13.7 Å². The number of ether oxygens (including phenoxy) is 1. The van der Waals surface area contributed by atoms with Gasteiger partial charge >= 0.3 is 6.18 Å². The van der Waals surface area contributed by atoms with Crippen molar-refractivity contribution in [2.24, 2.45) is 0 Å². The van der Waals surface area contributed by atoms with E-state index in [0.717, 1.165) is 19.3 Å². The molecule has 0 bridgehead atoms. The maximum absolute atomic E-state index is 14.3. The summed E-state index contributed by atoms with van der Waals surface area (Å²) < 4.78 is 61.6. The van der Waals surface area contributed by atoms with Crippen LogP contribution in [0.2, 0.25) is 0 Å². The van der Waals surface area contributed by atoms with E-state index in [1.54, 1.807) is 67.7 Å². The minimum Gasteiger partial charge on any atom is -0.478 e. The Kier molecular flexibility index (Phi) is 9.31. The van der Waals surface area contributed by atoms with Crippen LogP contribution in [-0.4, -0.2) is 40.9 Å². The number of carbonyl (C=O) groups excluding carboxylic acids is 1. The number of fused-ring (bicyclic) bond motifs is 1. The van der Waals surface area contributed by atoms with E-state index >= 15 is 0 Å². The van der Waals surface area contributed by atoms with Gasteiger partial charge < -0.3 is 10.1 Å². The Bertz CT molecular complexity index is 1490. The summed E-state index contributed by atoms with van der Waals surface area (Å²) in [6.07, 6.45) is 1.31. The summed E-state index contributed by atoms with van der Waals surface area (Å²) in [4.78, 5) is 15.5. The van der Waals surface area contributed by atoms with E-state index in [4.69, 9.17) is 4.74 Å². The zero-order valence-corrected chi connectivity index (χ0v) is 21.8. The summed E-state index contributed by atoms with van der Waals surface area (Å²) >= 11 is 0. The molecule has 208 valence electrons. The van der Waals surface area contributed by atoms with Crippen molar-refractivity contribution in [1.29, 1.82) is 0 Å². The molecule has 4 rings (SSSR count). The Labute approximate surface area is 228 Å². The molecule has 0 aliphatic rings. The van der Waals surface area contributed by atoms with Gasteiger partial charge in [-0.15, -0.1) is 0 Å². The van der Waals surface area contributed by atoms with Crippen LogP contribution in [0.4, 0.5) is 17.6 Å². The normalized spacial score (nSPS) is 12.5. The molecule has 0 unspecified atom stereocenters. The molecule has 10 heteroatoms. The van der Waals surface area contributed by atoms with Crippen LogP contribution in [0.25, 0.3) is 22.0 Å². The van der Waals surface area contributed by atoms with Crippen LogP contribution < -0.4 is 10.1 Å². The molecule has 0 saturated heterocycles. The second-order valence-electron chi connectivity index (χ2n) is 9.03. The van der Waals surface area contributed by atoms with E-state index in [2.05, 4.69) is 20.5 Å². The van der Waals surface area contributed by atoms with Crippen LogP contribution in [0.5, 0.6) is 5.88 Å². The van der Waals surface area contributed by atoms with Crippen molar-refractivity contribution in [3.05, 3.63) is 102 Å². The maximum Gasteiger partial charge on any atom is 0.393 e. The smallest absolute Gasteiger partial charge is 0.393 e. The first-order valence-electron chi connectivity index (χ1n) is 12.7. The molecule has 0 spiro atoms. The predicted octanol–water partition coefficient (Wildman–Crippen LogP) is 6.86. The molecule has 6 nitrogen and oxygen atoms in total. The number of likely N-dealkylation sites (N-methyl/N-ethyl adjacent to an activating group) is 1. The molecule has 2 aromatic carbocycles. The molecule has 2 N–H and O–H groups in total. The number of pyridine rings is 1. The van der Waals surface area contributed by atoms with Crippen LogP contribution in [0.1, 0.15) is 42.4 Å². The van der Waals surface area contributed by atoms with Crippen molar-refractivity contribution in [3.8, 4) is 5.88 Å². The predicted molar refractivity (Wildman–Crippen MR) is 146 cm³/mol. The molecule has 2 aromatic heterocycles. The molecule has 0 fully saturated rings. The lowest BCUT2D eigenvalue weighted by Crippen LogP contribution is -2.13. The quantitative estimate of drug-likeness (QED) is 0.0922. The first kappa shape index (κ1) is 28.5. The molecule has 0 aliphatic carbocycles. The number of carbonyl (C=O) groups is 1. The molecule has 0 saturated carbocycles. The number of aromatic nitrogens is 3. The van der Waals surface area contributed by atoms with Gasteiger partial charge in [0.2, 0.25) is 17.7 Å². The number of hydrogen-bond acceptors (Lipinski definition) is 4. The summed E-state index contributed by atoms with van der Waals surface area (Å²) in [5.41, 5.74) is 1.91. The Balaban J connectivity index is 1.64. The van der Waals surface area contributed by atoms with Gasteiger partial charge in [-0.1, -0.05) is 42.5 Å². The van der Waals surface area contributed by atoms with E-state index in [9.17, 15) is 22.4 Å². The zero-order chi connectivity index (χ0) is 28.5. The molecule has 1 amide bonds. The number of hydrogen-bond donors (Lipinski definition) is 2. The molecule has 40 heavy (non-hydrogen) atoms. The number of halogens is 4. The lowest BCUT2D eigenvalue weighted by Gasteiger charge is -2.19. The maximum atomic E-state index is 14.3. The number of alkyl halides is 3. The Morgan fingerprint density at radius 2 is 1.80 bits per heavy atom. The molecular weight excluding hydrogens is 524 g/mol. The highest BCUT2D eigenvalue weighted by atomic mass is 19.4. The van der Waals surface area contributed by atoms with E-state index in [1.165, 1.54) is 18.3 Å². The fraction of sp³-hybridized carbons (Fsp3) is 0.233. The third-order valence-corrected chi connectivity index (χ3v) is 6.15. The second-order valence-corrected chi connectivity index (χ2v) is 9.03. The minimum atomic E-state index is -4.49. The average molecular weight is 553 g/mol. The van der Waals surface area contributed by atoms with Crippen molar-refractivity contribution >= 4 is 28.0 Å². The first-order valence-corrected chi connectivity index (χ1v) is 12.7. The van der Waals surface area contributed by atoms with E-state index in [1.807, 2.05) is 0 Å². The van der Waals surface area contributed by atoms with Gasteiger partial charge in [-0.2, -0.15) is 22.7 Å². The standard InChI is InChI=1S/C30H28F4N4O2/c1-35-26(39)11-7-2-3-8-16-40-27-15-13-22(19-36-27)28(21-12-14-25-23(17-21)29(31)38-37-25)24(18-30(32,33)34)20-9-5-4-6-10-20/h4-7,9-15,17,19H,2-3,8,16,18H2,1H3,(H,35,39)(H,37,38)/b11-7+,28-24+. The topological polar surface area (TPSA) is 79.9 Å². The Hall–Kier alpha value is -4.47. The van der Waals surface area contributed by atoms with E-state index in [0.29, 0.717) is 34.7 Å². The first-order chi connectivity index (χ1) is 19.2. The highest BCUT2D eigenvalue weighted by Gasteiger charge is 2.31. The van der Waals surface area contributed by atoms with Crippen LogP contribution >= 0.6 is 0 Å². The summed E-state index contributed by atoms with van der Waals surface area (Å²) in [5.74, 6) is -0.494. The summed E-state index contributed by atoms with van der Waals surface area (Å²) in [5, 5.41) is 8.83. The number of rotatable bonds is 11. The summed E-state index contributed by atoms with van der Waals surface area (Å²) in [6, 6.07) is 16.2. The number of allylic oxidation sites excluding steroid dienone is 2. The van der Waals surface area contributed by atoms with Crippen molar-refractivity contribution in [1.82, 2.24) is 20.5 Å². The third kappa shape index (κ3) is 7.56. The molecule has 0 atom stereocenters. The SMILES string of the molecule is CNC(=O)/C=C/CCCCOc1ccc(/C(=C(\CC(F)(F)F)c2ccccc2)c2ccc3n[nH]c(F)c3c2)cn1. The van der Waals surface area contributed by atoms with Crippen LogP contribution in [0.3, 0.4) is 0 Å². The lowest BCUT2D eigenvalue weighted by atomic mass is 9.88. The second kappa shape index (κ2) is 13.1. The zero-order valence-electron chi connectivity index (χ0n) is 21.8. The van der Waals surface area contributed by atoms with E-state index < -0.39 is 18.5 Å². The monoisotopic (exact) mass is 552 g/mol. The summed E-state index contributed by atoms with van der Waals surface area (Å²) in [7, 11) is 1.56. The number of amides is 1. The third-order valence-electron chi connectivity index (χ3n) is 6.15. The average Bonchev–Trinajstić information content (AvgIpc) is 3.32. The molecular formula is C30H28F4N4O2.